The maximum Gasteiger partial charge on any atom is 0.229 e. The maximum absolute atomic E-state index is 5.08. The van der Waals surface area contributed by atoms with Gasteiger partial charge in [-0.05, 0) is 29.7 Å². The minimum atomic E-state index is 0.780. The normalized spacial score (nSPS) is 16.5. The predicted molar refractivity (Wildman–Crippen MR) is 129 cm³/mol. The third-order valence-corrected chi connectivity index (χ3v) is 6.73. The average molecular weight is 441 g/mol. The highest BCUT2D eigenvalue weighted by Crippen LogP contribution is 2.33. The Morgan fingerprint density at radius 3 is 2.48 bits per heavy atom. The molecular weight excluding hydrogens is 412 g/mol. The van der Waals surface area contributed by atoms with Crippen LogP contribution in [0.4, 0.5) is 11.8 Å². The molecule has 33 heavy (non-hydrogen) atoms. The molecule has 0 radical (unpaired) electrons. The van der Waals surface area contributed by atoms with E-state index in [2.05, 4.69) is 72.3 Å². The minimum absolute atomic E-state index is 0.780. The van der Waals surface area contributed by atoms with Crippen LogP contribution in [-0.4, -0.2) is 69.3 Å². The molecular formula is C25H28N8. The fraction of sp³-hybridized carbons (Fsp3) is 0.360. The van der Waals surface area contributed by atoms with Gasteiger partial charge in [0.25, 0.3) is 0 Å². The smallest absolute Gasteiger partial charge is 0.229 e. The van der Waals surface area contributed by atoms with Gasteiger partial charge in [-0.1, -0.05) is 30.3 Å². The first-order chi connectivity index (χ1) is 16.3. The zero-order chi connectivity index (χ0) is 22.0. The Morgan fingerprint density at radius 1 is 0.848 bits per heavy atom. The summed E-state index contributed by atoms with van der Waals surface area (Å²) in [6.45, 7) is 6.73. The van der Waals surface area contributed by atoms with Gasteiger partial charge in [-0.15, -0.1) is 0 Å². The number of anilines is 2. The fourth-order valence-corrected chi connectivity index (χ4v) is 4.82. The van der Waals surface area contributed by atoms with Crippen molar-refractivity contribution < 1.29 is 0 Å². The Balaban J connectivity index is 1.18. The lowest BCUT2D eigenvalue weighted by molar-refractivity contribution is 0.260. The van der Waals surface area contributed by atoms with Crippen LogP contribution in [0.25, 0.3) is 11.0 Å². The first-order valence-corrected chi connectivity index (χ1v) is 11.7. The van der Waals surface area contributed by atoms with E-state index in [-0.39, 0.29) is 0 Å². The van der Waals surface area contributed by atoms with Gasteiger partial charge in [0.1, 0.15) is 5.82 Å². The zero-order valence-corrected chi connectivity index (χ0v) is 18.7. The molecule has 0 saturated carbocycles. The van der Waals surface area contributed by atoms with E-state index in [4.69, 9.17) is 9.97 Å². The van der Waals surface area contributed by atoms with Crippen molar-refractivity contribution in [3.05, 3.63) is 71.7 Å². The molecule has 5 heterocycles. The van der Waals surface area contributed by atoms with E-state index >= 15 is 0 Å². The molecule has 0 bridgehead atoms. The number of aromatic amines is 1. The van der Waals surface area contributed by atoms with E-state index in [9.17, 15) is 0 Å². The molecule has 4 aromatic rings. The molecule has 8 heteroatoms. The molecule has 0 atom stereocenters. The van der Waals surface area contributed by atoms with Crippen LogP contribution < -0.4 is 9.80 Å². The predicted octanol–water partition coefficient (Wildman–Crippen LogP) is 2.68. The highest BCUT2D eigenvalue weighted by molar-refractivity contribution is 5.91. The molecule has 0 amide bonds. The summed E-state index contributed by atoms with van der Waals surface area (Å²) in [5.74, 6) is 1.80. The molecule has 0 spiro atoms. The van der Waals surface area contributed by atoms with Gasteiger partial charge < -0.3 is 9.80 Å². The van der Waals surface area contributed by atoms with Crippen LogP contribution in [0.1, 0.15) is 16.8 Å². The van der Waals surface area contributed by atoms with Crippen LogP contribution in [0, 0.1) is 0 Å². The number of pyridine rings is 1. The summed E-state index contributed by atoms with van der Waals surface area (Å²) < 4.78 is 0. The van der Waals surface area contributed by atoms with E-state index in [1.54, 1.807) is 0 Å². The average Bonchev–Trinajstić information content (AvgIpc) is 3.30. The number of nitrogens with zero attached hydrogens (tertiary/aromatic N) is 7. The quantitative estimate of drug-likeness (QED) is 0.494. The van der Waals surface area contributed by atoms with Crippen molar-refractivity contribution in [2.24, 2.45) is 0 Å². The lowest BCUT2D eigenvalue weighted by Crippen LogP contribution is -2.47. The lowest BCUT2D eigenvalue weighted by Gasteiger charge is -2.35. The second-order valence-corrected chi connectivity index (χ2v) is 8.84. The van der Waals surface area contributed by atoms with Crippen molar-refractivity contribution in [1.82, 2.24) is 30.0 Å². The molecule has 1 fully saturated rings. The second-order valence-electron chi connectivity index (χ2n) is 8.84. The molecule has 2 aliphatic heterocycles. The molecule has 168 valence electrons. The van der Waals surface area contributed by atoms with Gasteiger partial charge in [-0.25, -0.2) is 0 Å². The molecule has 2 aliphatic rings. The van der Waals surface area contributed by atoms with E-state index < -0.39 is 0 Å². The largest absolute Gasteiger partial charge is 0.351 e. The van der Waals surface area contributed by atoms with Crippen molar-refractivity contribution in [1.29, 1.82) is 0 Å². The number of hydrogen-bond acceptors (Lipinski definition) is 7. The Morgan fingerprint density at radius 2 is 1.67 bits per heavy atom. The highest BCUT2D eigenvalue weighted by atomic mass is 15.4. The van der Waals surface area contributed by atoms with Crippen LogP contribution in [0.3, 0.4) is 0 Å². The summed E-state index contributed by atoms with van der Waals surface area (Å²) in [7, 11) is 0. The van der Waals surface area contributed by atoms with Crippen molar-refractivity contribution in [2.75, 3.05) is 49.1 Å². The fourth-order valence-electron chi connectivity index (χ4n) is 4.82. The number of aromatic nitrogens is 5. The number of benzene rings is 1. The monoisotopic (exact) mass is 440 g/mol. The zero-order valence-electron chi connectivity index (χ0n) is 18.7. The van der Waals surface area contributed by atoms with Gasteiger partial charge in [-0.3, -0.25) is 15.0 Å². The van der Waals surface area contributed by atoms with Gasteiger partial charge >= 0.3 is 0 Å². The van der Waals surface area contributed by atoms with Crippen LogP contribution in [0.15, 0.2) is 54.9 Å². The van der Waals surface area contributed by atoms with Crippen LogP contribution in [-0.2, 0) is 19.4 Å². The summed E-state index contributed by atoms with van der Waals surface area (Å²) in [6, 6.07) is 14.8. The van der Waals surface area contributed by atoms with Gasteiger partial charge in [-0.2, -0.15) is 15.1 Å². The van der Waals surface area contributed by atoms with E-state index in [1.807, 2.05) is 12.4 Å². The van der Waals surface area contributed by atoms with Crippen molar-refractivity contribution >= 4 is 22.8 Å². The summed E-state index contributed by atoms with van der Waals surface area (Å²) in [4.78, 5) is 21.2. The topological polar surface area (TPSA) is 77.1 Å². The summed E-state index contributed by atoms with van der Waals surface area (Å²) in [5, 5.41) is 8.80. The maximum atomic E-state index is 5.08. The lowest BCUT2D eigenvalue weighted by atomic mass is 10.1. The number of piperazine rings is 1. The number of rotatable bonds is 6. The SMILES string of the molecule is c1ccc(CN2CCc3[nH]nc4nc(N5CCN(CCc6ccncc6)CC5)nc2c34)cc1. The van der Waals surface area contributed by atoms with Gasteiger partial charge in [0.2, 0.25) is 5.95 Å². The molecule has 0 unspecified atom stereocenters. The van der Waals surface area contributed by atoms with Crippen molar-refractivity contribution in [3.63, 3.8) is 0 Å². The Labute approximate surface area is 193 Å². The summed E-state index contributed by atoms with van der Waals surface area (Å²) in [5.41, 5.74) is 4.56. The van der Waals surface area contributed by atoms with E-state index in [0.717, 1.165) is 87.1 Å². The summed E-state index contributed by atoms with van der Waals surface area (Å²) in [6.07, 6.45) is 5.73. The van der Waals surface area contributed by atoms with Crippen molar-refractivity contribution in [3.8, 4) is 0 Å². The Bertz CT molecular complexity index is 1220. The first-order valence-electron chi connectivity index (χ1n) is 11.7. The van der Waals surface area contributed by atoms with Crippen LogP contribution >= 0.6 is 0 Å². The third-order valence-electron chi connectivity index (χ3n) is 6.73. The van der Waals surface area contributed by atoms with Crippen molar-refractivity contribution in [2.45, 2.75) is 19.4 Å². The van der Waals surface area contributed by atoms with Gasteiger partial charge in [0.05, 0.1) is 11.1 Å². The Hall–Kier alpha value is -3.52. The highest BCUT2D eigenvalue weighted by Gasteiger charge is 2.27. The molecule has 1 N–H and O–H groups in total. The molecule has 0 aliphatic carbocycles. The number of H-pyrrole nitrogens is 1. The second kappa shape index (κ2) is 8.78. The molecule has 6 rings (SSSR count). The Kier molecular flexibility index (Phi) is 5.35. The summed E-state index contributed by atoms with van der Waals surface area (Å²) >= 11 is 0. The van der Waals surface area contributed by atoms with Crippen LogP contribution in [0.2, 0.25) is 0 Å². The molecule has 8 nitrogen and oxygen atoms in total. The van der Waals surface area contributed by atoms with E-state index in [1.165, 1.54) is 11.1 Å². The van der Waals surface area contributed by atoms with E-state index in [0.29, 0.717) is 0 Å². The van der Waals surface area contributed by atoms with Gasteiger partial charge in [0.15, 0.2) is 5.65 Å². The molecule has 3 aromatic heterocycles. The molecule has 1 saturated heterocycles. The van der Waals surface area contributed by atoms with Gasteiger partial charge in [0, 0.05) is 64.6 Å². The number of hydrogen-bond donors (Lipinski definition) is 1. The molecule has 1 aromatic carbocycles. The third kappa shape index (κ3) is 4.14. The van der Waals surface area contributed by atoms with Crippen LogP contribution in [0.5, 0.6) is 0 Å². The minimum Gasteiger partial charge on any atom is -0.351 e. The number of nitrogens with one attached hydrogen (secondary N) is 1. The first kappa shape index (κ1) is 20.1. The standard InChI is InChI=1S/C25H28N8/c1-2-4-20(5-3-1)18-33-13-9-21-22-23(30-29-21)27-25(28-24(22)33)32-16-14-31(15-17-32)12-8-19-6-10-26-11-7-19/h1-7,10-11H,8-9,12-18H2,(H,27,28,29,30).